The summed E-state index contributed by atoms with van der Waals surface area (Å²) in [5, 5.41) is 3.00. The number of benzene rings is 1. The number of likely N-dealkylation sites (N-methyl/N-ethyl adjacent to an activating group) is 1. The van der Waals surface area contributed by atoms with Gasteiger partial charge in [0.25, 0.3) is 0 Å². The minimum Gasteiger partial charge on any atom is -0.307 e. The van der Waals surface area contributed by atoms with E-state index in [2.05, 4.69) is 45.1 Å². The lowest BCUT2D eigenvalue weighted by Crippen LogP contribution is -2.19. The van der Waals surface area contributed by atoms with Gasteiger partial charge in [-0.2, -0.15) is 0 Å². The Morgan fingerprint density at radius 3 is 2.31 bits per heavy atom. The first-order chi connectivity index (χ1) is 7.40. The summed E-state index contributed by atoms with van der Waals surface area (Å²) in [5.74, 6) is 0. The van der Waals surface area contributed by atoms with E-state index in [-0.39, 0.29) is 11.5 Å². The van der Waals surface area contributed by atoms with Crippen LogP contribution in [0.3, 0.4) is 0 Å². The number of hydrogen-bond acceptors (Lipinski definition) is 2. The first-order valence-electron chi connectivity index (χ1n) is 5.63. The van der Waals surface area contributed by atoms with Gasteiger partial charge in [0, 0.05) is 0 Å². The van der Waals surface area contributed by atoms with Crippen LogP contribution in [0.5, 0.6) is 0 Å². The van der Waals surface area contributed by atoms with E-state index in [9.17, 15) is 4.79 Å². The number of carbonyl (C=O) groups excluding carboxylic acids is 1. The Labute approximate surface area is 98.1 Å². The molecule has 2 heteroatoms. The topological polar surface area (TPSA) is 29.1 Å². The van der Waals surface area contributed by atoms with E-state index in [1.165, 1.54) is 11.1 Å². The molecule has 0 aliphatic carbocycles. The van der Waals surface area contributed by atoms with Crippen molar-refractivity contribution < 1.29 is 4.79 Å². The molecular formula is C14H21NO. The van der Waals surface area contributed by atoms with Gasteiger partial charge in [-0.1, -0.05) is 39.0 Å². The number of aryl methyl sites for hydroxylation is 1. The first-order valence-corrected chi connectivity index (χ1v) is 5.63. The molecule has 0 heterocycles. The molecule has 0 aromatic heterocycles. The number of carbonyl (C=O) groups is 1. The molecule has 1 rings (SSSR count). The van der Waals surface area contributed by atoms with Crippen LogP contribution in [-0.4, -0.2) is 13.3 Å². The van der Waals surface area contributed by atoms with Crippen molar-refractivity contribution in [3.8, 4) is 0 Å². The second-order valence-electron chi connectivity index (χ2n) is 5.22. The van der Waals surface area contributed by atoms with Gasteiger partial charge in [-0.15, -0.1) is 0 Å². The minimum atomic E-state index is -0.200. The van der Waals surface area contributed by atoms with Crippen LogP contribution in [-0.2, 0) is 10.2 Å². The average molecular weight is 219 g/mol. The van der Waals surface area contributed by atoms with E-state index in [0.29, 0.717) is 0 Å². The number of rotatable bonds is 3. The predicted molar refractivity (Wildman–Crippen MR) is 67.7 cm³/mol. The van der Waals surface area contributed by atoms with Crippen LogP contribution in [0.25, 0.3) is 0 Å². The maximum atomic E-state index is 10.9. The van der Waals surface area contributed by atoms with Crippen molar-refractivity contribution in [3.63, 3.8) is 0 Å². The first kappa shape index (κ1) is 12.9. The summed E-state index contributed by atoms with van der Waals surface area (Å²) in [7, 11) is 1.80. The fourth-order valence-electron chi connectivity index (χ4n) is 1.79. The predicted octanol–water partition coefficient (Wildman–Crippen LogP) is 2.75. The molecule has 1 N–H and O–H groups in total. The van der Waals surface area contributed by atoms with Crippen molar-refractivity contribution in [1.29, 1.82) is 0 Å². The fraction of sp³-hybridized carbons (Fsp3) is 0.500. The van der Waals surface area contributed by atoms with E-state index in [1.54, 1.807) is 7.05 Å². The molecular weight excluding hydrogens is 198 g/mol. The lowest BCUT2D eigenvalue weighted by molar-refractivity contribution is -0.109. The Kier molecular flexibility index (Phi) is 3.87. The second-order valence-corrected chi connectivity index (χ2v) is 5.22. The van der Waals surface area contributed by atoms with Gasteiger partial charge in [-0.3, -0.25) is 0 Å². The second kappa shape index (κ2) is 4.79. The zero-order chi connectivity index (χ0) is 12.3. The Bertz CT molecular complexity index is 377. The molecule has 0 saturated heterocycles. The summed E-state index contributed by atoms with van der Waals surface area (Å²) in [5.41, 5.74) is 3.68. The van der Waals surface area contributed by atoms with Crippen LogP contribution in [0.1, 0.15) is 43.5 Å². The third kappa shape index (κ3) is 2.70. The molecule has 1 aromatic rings. The van der Waals surface area contributed by atoms with E-state index in [4.69, 9.17) is 0 Å². The van der Waals surface area contributed by atoms with Crippen LogP contribution < -0.4 is 5.32 Å². The van der Waals surface area contributed by atoms with E-state index in [0.717, 1.165) is 11.8 Å². The molecule has 16 heavy (non-hydrogen) atoms. The van der Waals surface area contributed by atoms with E-state index < -0.39 is 0 Å². The number of aldehydes is 1. The highest BCUT2D eigenvalue weighted by Crippen LogP contribution is 2.26. The third-order valence-electron chi connectivity index (χ3n) is 2.92. The SMILES string of the molecule is CNC(C=O)c1ccc(C(C)(C)C)cc1C. The molecule has 1 unspecified atom stereocenters. The minimum absolute atomic E-state index is 0.152. The summed E-state index contributed by atoms with van der Waals surface area (Å²) >= 11 is 0. The van der Waals surface area contributed by atoms with Crippen LogP contribution in [0.15, 0.2) is 18.2 Å². The van der Waals surface area contributed by atoms with Gasteiger partial charge in [0.2, 0.25) is 0 Å². The normalized spacial score (nSPS) is 13.6. The molecule has 0 fully saturated rings. The Morgan fingerprint density at radius 2 is 1.94 bits per heavy atom. The van der Waals surface area contributed by atoms with Crippen molar-refractivity contribution in [3.05, 3.63) is 34.9 Å². The summed E-state index contributed by atoms with van der Waals surface area (Å²) in [6.45, 7) is 8.63. The quantitative estimate of drug-likeness (QED) is 0.792. The van der Waals surface area contributed by atoms with Crippen LogP contribution in [0.4, 0.5) is 0 Å². The van der Waals surface area contributed by atoms with Crippen molar-refractivity contribution in [2.45, 2.75) is 39.2 Å². The van der Waals surface area contributed by atoms with Gasteiger partial charge < -0.3 is 10.1 Å². The van der Waals surface area contributed by atoms with Crippen LogP contribution in [0.2, 0.25) is 0 Å². The van der Waals surface area contributed by atoms with Gasteiger partial charge in [-0.05, 0) is 36.1 Å². The highest BCUT2D eigenvalue weighted by atomic mass is 16.1. The Morgan fingerprint density at radius 1 is 1.31 bits per heavy atom. The molecule has 2 nitrogen and oxygen atoms in total. The monoisotopic (exact) mass is 219 g/mol. The van der Waals surface area contributed by atoms with E-state index in [1.807, 2.05) is 6.07 Å². The summed E-state index contributed by atoms with van der Waals surface area (Å²) in [6.07, 6.45) is 0.944. The summed E-state index contributed by atoms with van der Waals surface area (Å²) in [4.78, 5) is 10.9. The van der Waals surface area contributed by atoms with Gasteiger partial charge in [0.1, 0.15) is 6.29 Å². The molecule has 0 aliphatic rings. The molecule has 0 aliphatic heterocycles. The van der Waals surface area contributed by atoms with Crippen molar-refractivity contribution in [1.82, 2.24) is 5.32 Å². The van der Waals surface area contributed by atoms with Gasteiger partial charge in [0.05, 0.1) is 6.04 Å². The maximum Gasteiger partial charge on any atom is 0.141 e. The van der Waals surface area contributed by atoms with Crippen LogP contribution >= 0.6 is 0 Å². The fourth-order valence-corrected chi connectivity index (χ4v) is 1.79. The molecule has 88 valence electrons. The van der Waals surface area contributed by atoms with Crippen molar-refractivity contribution >= 4 is 6.29 Å². The molecule has 1 aromatic carbocycles. The average Bonchev–Trinajstić information content (AvgIpc) is 2.20. The largest absolute Gasteiger partial charge is 0.307 e. The molecule has 0 spiro atoms. The smallest absolute Gasteiger partial charge is 0.141 e. The highest BCUT2D eigenvalue weighted by molar-refractivity contribution is 5.62. The van der Waals surface area contributed by atoms with Crippen molar-refractivity contribution in [2.24, 2.45) is 0 Å². The zero-order valence-corrected chi connectivity index (χ0v) is 10.8. The Hall–Kier alpha value is -1.15. The standard InChI is InChI=1S/C14H21NO/c1-10-8-11(14(2,3)4)6-7-12(10)13(9-16)15-5/h6-9,13,15H,1-5H3. The summed E-state index contributed by atoms with van der Waals surface area (Å²) < 4.78 is 0. The number of nitrogens with one attached hydrogen (secondary N) is 1. The Balaban J connectivity index is 3.14. The lowest BCUT2D eigenvalue weighted by atomic mass is 9.84. The lowest BCUT2D eigenvalue weighted by Gasteiger charge is -2.21. The number of hydrogen-bond donors (Lipinski definition) is 1. The zero-order valence-electron chi connectivity index (χ0n) is 10.8. The molecule has 0 bridgehead atoms. The third-order valence-corrected chi connectivity index (χ3v) is 2.92. The van der Waals surface area contributed by atoms with Crippen molar-refractivity contribution in [2.75, 3.05) is 7.05 Å². The maximum absolute atomic E-state index is 10.9. The molecule has 0 saturated carbocycles. The van der Waals surface area contributed by atoms with E-state index >= 15 is 0 Å². The molecule has 0 amide bonds. The highest BCUT2D eigenvalue weighted by Gasteiger charge is 2.16. The van der Waals surface area contributed by atoms with Gasteiger partial charge in [0.15, 0.2) is 0 Å². The van der Waals surface area contributed by atoms with Gasteiger partial charge in [-0.25, -0.2) is 0 Å². The van der Waals surface area contributed by atoms with Gasteiger partial charge >= 0.3 is 0 Å². The molecule has 1 atom stereocenters. The van der Waals surface area contributed by atoms with Crippen LogP contribution in [0, 0.1) is 6.92 Å². The summed E-state index contributed by atoms with van der Waals surface area (Å²) in [6, 6.07) is 6.12. The molecule has 0 radical (unpaired) electrons.